The van der Waals surface area contributed by atoms with Crippen LogP contribution in [-0.2, 0) is 9.59 Å². The highest BCUT2D eigenvalue weighted by Gasteiger charge is 2.39. The molecule has 9 heteroatoms. The fourth-order valence-corrected chi connectivity index (χ4v) is 6.79. The summed E-state index contributed by atoms with van der Waals surface area (Å²) in [6.07, 6.45) is 1.97. The zero-order valence-corrected chi connectivity index (χ0v) is 24.0. The number of fused-ring (bicyclic) bond motifs is 1. The van der Waals surface area contributed by atoms with Gasteiger partial charge in [-0.25, -0.2) is 4.68 Å². The van der Waals surface area contributed by atoms with E-state index < -0.39 is 0 Å². The molecule has 0 saturated carbocycles. The van der Waals surface area contributed by atoms with Crippen LogP contribution in [0.3, 0.4) is 0 Å². The van der Waals surface area contributed by atoms with E-state index in [9.17, 15) is 9.59 Å². The third-order valence-electron chi connectivity index (χ3n) is 7.63. The van der Waals surface area contributed by atoms with E-state index in [-0.39, 0.29) is 29.4 Å². The molecule has 210 valence electrons. The molecule has 2 amide bonds. The van der Waals surface area contributed by atoms with Gasteiger partial charge in [-0.3, -0.25) is 14.5 Å². The van der Waals surface area contributed by atoms with Crippen molar-refractivity contribution in [1.82, 2.24) is 14.7 Å². The number of nitrogens with zero attached hydrogens (tertiary/aromatic N) is 4. The van der Waals surface area contributed by atoms with Gasteiger partial charge in [-0.05, 0) is 43.2 Å². The second-order valence-electron chi connectivity index (χ2n) is 10.1. The van der Waals surface area contributed by atoms with Crippen molar-refractivity contribution in [3.05, 3.63) is 90.0 Å². The third kappa shape index (κ3) is 5.17. The SMILES string of the molecule is COc1ccc(-n2nc(-c3ccccc3)c3c2N(CC(=O)N2CCCC2)C(=O)CS[C@@H]3c2ccccc2OC)cc1. The zero-order valence-electron chi connectivity index (χ0n) is 23.2. The molecule has 2 aliphatic rings. The number of para-hydroxylation sites is 1. The van der Waals surface area contributed by atoms with Gasteiger partial charge < -0.3 is 14.4 Å². The summed E-state index contributed by atoms with van der Waals surface area (Å²) >= 11 is 1.53. The molecule has 1 atom stereocenters. The molecule has 0 spiro atoms. The van der Waals surface area contributed by atoms with Gasteiger partial charge in [0, 0.05) is 29.8 Å². The van der Waals surface area contributed by atoms with Crippen molar-refractivity contribution in [2.75, 3.05) is 44.5 Å². The Bertz CT molecular complexity index is 1550. The van der Waals surface area contributed by atoms with Crippen LogP contribution in [0.2, 0.25) is 0 Å². The normalized spacial score (nSPS) is 16.8. The molecule has 4 aromatic rings. The average Bonchev–Trinajstić information content (AvgIpc) is 3.67. The van der Waals surface area contributed by atoms with Crippen LogP contribution in [0.25, 0.3) is 16.9 Å². The number of anilines is 1. The Labute approximate surface area is 243 Å². The fourth-order valence-electron chi connectivity index (χ4n) is 5.56. The Balaban J connectivity index is 1.61. The monoisotopic (exact) mass is 568 g/mol. The first-order valence-corrected chi connectivity index (χ1v) is 14.8. The molecule has 41 heavy (non-hydrogen) atoms. The molecule has 6 rings (SSSR count). The van der Waals surface area contributed by atoms with E-state index in [0.29, 0.717) is 5.82 Å². The minimum Gasteiger partial charge on any atom is -0.497 e. The molecular formula is C32H32N4O4S. The van der Waals surface area contributed by atoms with Crippen LogP contribution in [0.15, 0.2) is 78.9 Å². The number of aromatic nitrogens is 2. The Kier molecular flexibility index (Phi) is 7.69. The third-order valence-corrected chi connectivity index (χ3v) is 8.86. The molecule has 1 aromatic heterocycles. The highest BCUT2D eigenvalue weighted by Crippen LogP contribution is 2.50. The number of benzene rings is 3. The molecule has 8 nitrogen and oxygen atoms in total. The minimum absolute atomic E-state index is 0.0406. The second kappa shape index (κ2) is 11.7. The number of methoxy groups -OCH3 is 2. The summed E-state index contributed by atoms with van der Waals surface area (Å²) in [5.41, 5.74) is 4.28. The Morgan fingerprint density at radius 1 is 0.927 bits per heavy atom. The van der Waals surface area contributed by atoms with E-state index in [1.807, 2.05) is 83.8 Å². The summed E-state index contributed by atoms with van der Waals surface area (Å²) in [4.78, 5) is 30.9. The first-order chi connectivity index (χ1) is 20.1. The highest BCUT2D eigenvalue weighted by atomic mass is 32.2. The van der Waals surface area contributed by atoms with Gasteiger partial charge in [0.05, 0.1) is 36.6 Å². The average molecular weight is 569 g/mol. The van der Waals surface area contributed by atoms with Crippen LogP contribution in [0, 0.1) is 0 Å². The summed E-state index contributed by atoms with van der Waals surface area (Å²) in [5.74, 6) is 2.09. The fraction of sp³-hybridized carbons (Fsp3) is 0.281. The van der Waals surface area contributed by atoms with Crippen LogP contribution in [0.5, 0.6) is 11.5 Å². The van der Waals surface area contributed by atoms with E-state index in [1.165, 1.54) is 11.8 Å². The quantitative estimate of drug-likeness (QED) is 0.299. The Morgan fingerprint density at radius 3 is 2.34 bits per heavy atom. The smallest absolute Gasteiger partial charge is 0.242 e. The number of rotatable bonds is 7. The van der Waals surface area contributed by atoms with Crippen molar-refractivity contribution in [2.24, 2.45) is 0 Å². The zero-order chi connectivity index (χ0) is 28.3. The van der Waals surface area contributed by atoms with Crippen LogP contribution in [0.4, 0.5) is 5.82 Å². The van der Waals surface area contributed by atoms with Crippen LogP contribution in [0.1, 0.15) is 29.2 Å². The lowest BCUT2D eigenvalue weighted by molar-refractivity contribution is -0.130. The van der Waals surface area contributed by atoms with Crippen molar-refractivity contribution >= 4 is 29.4 Å². The largest absolute Gasteiger partial charge is 0.497 e. The molecule has 3 aromatic carbocycles. The highest BCUT2D eigenvalue weighted by molar-refractivity contribution is 8.00. The molecule has 0 unspecified atom stereocenters. The number of hydrogen-bond acceptors (Lipinski definition) is 6. The number of carbonyl (C=O) groups excluding carboxylic acids is 2. The first-order valence-electron chi connectivity index (χ1n) is 13.7. The lowest BCUT2D eigenvalue weighted by Gasteiger charge is -2.25. The van der Waals surface area contributed by atoms with Crippen molar-refractivity contribution < 1.29 is 19.1 Å². The first kappa shape index (κ1) is 27.0. The van der Waals surface area contributed by atoms with Crippen molar-refractivity contribution in [2.45, 2.75) is 18.1 Å². The van der Waals surface area contributed by atoms with Gasteiger partial charge in [-0.1, -0.05) is 48.5 Å². The molecule has 0 N–H and O–H groups in total. The maximum Gasteiger partial charge on any atom is 0.242 e. The molecule has 1 saturated heterocycles. The predicted molar refractivity (Wildman–Crippen MR) is 161 cm³/mol. The van der Waals surface area contributed by atoms with E-state index in [2.05, 4.69) is 0 Å². The summed E-state index contributed by atoms with van der Waals surface area (Å²) in [6.45, 7) is 1.40. The maximum absolute atomic E-state index is 13.9. The number of hydrogen-bond donors (Lipinski definition) is 0. The van der Waals surface area contributed by atoms with E-state index in [0.717, 1.165) is 65.5 Å². The molecule has 0 radical (unpaired) electrons. The molecule has 0 aliphatic carbocycles. The molecule has 3 heterocycles. The summed E-state index contributed by atoms with van der Waals surface area (Å²) < 4.78 is 13.0. The van der Waals surface area contributed by atoms with Gasteiger partial charge in [-0.15, -0.1) is 11.8 Å². The summed E-state index contributed by atoms with van der Waals surface area (Å²) in [7, 11) is 3.29. The molecule has 1 fully saturated rings. The van der Waals surface area contributed by atoms with Gasteiger partial charge in [0.1, 0.15) is 23.9 Å². The topological polar surface area (TPSA) is 76.9 Å². The van der Waals surface area contributed by atoms with Crippen LogP contribution >= 0.6 is 11.8 Å². The van der Waals surface area contributed by atoms with Gasteiger partial charge >= 0.3 is 0 Å². The minimum atomic E-state index is -0.265. The molecule has 0 bridgehead atoms. The van der Waals surface area contributed by atoms with Crippen LogP contribution < -0.4 is 14.4 Å². The summed E-state index contributed by atoms with van der Waals surface area (Å²) in [5, 5.41) is 4.89. The number of thioether (sulfide) groups is 1. The second-order valence-corrected chi connectivity index (χ2v) is 11.2. The van der Waals surface area contributed by atoms with Gasteiger partial charge in [0.2, 0.25) is 11.8 Å². The number of carbonyl (C=O) groups is 2. The maximum atomic E-state index is 13.9. The van der Waals surface area contributed by atoms with Crippen molar-refractivity contribution in [3.63, 3.8) is 0 Å². The Hall–Kier alpha value is -4.24. The van der Waals surface area contributed by atoms with Gasteiger partial charge in [-0.2, -0.15) is 5.10 Å². The number of amides is 2. The van der Waals surface area contributed by atoms with Gasteiger partial charge in [0.15, 0.2) is 0 Å². The van der Waals surface area contributed by atoms with Crippen molar-refractivity contribution in [1.29, 1.82) is 0 Å². The van der Waals surface area contributed by atoms with Crippen molar-refractivity contribution in [3.8, 4) is 28.4 Å². The van der Waals surface area contributed by atoms with E-state index >= 15 is 0 Å². The Morgan fingerprint density at radius 2 is 1.63 bits per heavy atom. The van der Waals surface area contributed by atoms with Crippen LogP contribution in [-0.4, -0.2) is 66.1 Å². The lowest BCUT2D eigenvalue weighted by atomic mass is 9.99. The number of ether oxygens (including phenoxy) is 2. The number of likely N-dealkylation sites (tertiary alicyclic amines) is 1. The summed E-state index contributed by atoms with van der Waals surface area (Å²) in [6, 6.07) is 25.5. The van der Waals surface area contributed by atoms with E-state index in [4.69, 9.17) is 14.6 Å². The molecular weight excluding hydrogens is 536 g/mol. The predicted octanol–water partition coefficient (Wildman–Crippen LogP) is 5.35. The van der Waals surface area contributed by atoms with Gasteiger partial charge in [0.25, 0.3) is 0 Å². The lowest BCUT2D eigenvalue weighted by Crippen LogP contribution is -2.43. The standard InChI is InChI=1S/C32H32N4O4S/c1-39-24-16-14-23(15-17-24)36-32-29(30(33-36)22-10-4-3-5-11-22)31(25-12-6-7-13-26(25)40-2)41-21-28(38)35(32)20-27(37)34-18-8-9-19-34/h3-7,10-17,31H,8-9,18-21H2,1-2H3/t31-/m1/s1. The van der Waals surface area contributed by atoms with E-state index in [1.54, 1.807) is 23.8 Å². The molecule has 2 aliphatic heterocycles.